The summed E-state index contributed by atoms with van der Waals surface area (Å²) in [5, 5.41) is 3.40. The fourth-order valence-corrected chi connectivity index (χ4v) is 2.64. The molecule has 0 saturated carbocycles. The van der Waals surface area contributed by atoms with E-state index >= 15 is 0 Å². The summed E-state index contributed by atoms with van der Waals surface area (Å²) >= 11 is 0. The molecule has 6 nitrogen and oxygen atoms in total. The van der Waals surface area contributed by atoms with Gasteiger partial charge in [0.2, 0.25) is 5.91 Å². The second-order valence-electron chi connectivity index (χ2n) is 5.51. The highest BCUT2D eigenvalue weighted by Gasteiger charge is 2.28. The Morgan fingerprint density at radius 3 is 2.91 bits per heavy atom. The largest absolute Gasteiger partial charge is 0.461 e. The molecule has 1 unspecified atom stereocenters. The molecule has 1 fully saturated rings. The minimum absolute atomic E-state index is 0.212. The summed E-state index contributed by atoms with van der Waals surface area (Å²) in [4.78, 5) is 22.3. The highest BCUT2D eigenvalue weighted by molar-refractivity contribution is 5.79. The van der Waals surface area contributed by atoms with Crippen molar-refractivity contribution < 1.29 is 9.21 Å². The van der Waals surface area contributed by atoms with E-state index < -0.39 is 0 Å². The maximum atomic E-state index is 11.8. The number of likely N-dealkylation sites (tertiary alicyclic amines) is 1. The van der Waals surface area contributed by atoms with Crippen LogP contribution in [0, 0.1) is 0 Å². The summed E-state index contributed by atoms with van der Waals surface area (Å²) < 4.78 is 5.26. The average molecular weight is 300 g/mol. The van der Waals surface area contributed by atoms with Gasteiger partial charge in [-0.1, -0.05) is 6.92 Å². The number of hydrogen-bond donors (Lipinski definition) is 1. The highest BCUT2D eigenvalue weighted by Crippen LogP contribution is 2.15. The van der Waals surface area contributed by atoms with Crippen LogP contribution in [0.3, 0.4) is 0 Å². The molecule has 2 aromatic rings. The molecule has 116 valence electrons. The van der Waals surface area contributed by atoms with Gasteiger partial charge in [0, 0.05) is 50.1 Å². The number of hydrogen-bond acceptors (Lipinski definition) is 5. The van der Waals surface area contributed by atoms with Gasteiger partial charge in [-0.05, 0) is 18.6 Å². The van der Waals surface area contributed by atoms with E-state index in [4.69, 9.17) is 4.42 Å². The molecule has 0 bridgehead atoms. The number of nitrogens with zero attached hydrogens (tertiary/aromatic N) is 3. The molecular formula is C16H20N4O2. The molecule has 1 aliphatic rings. The van der Waals surface area contributed by atoms with E-state index in [0.717, 1.165) is 25.1 Å². The smallest absolute Gasteiger partial charge is 0.224 e. The van der Waals surface area contributed by atoms with Crippen molar-refractivity contribution >= 4 is 5.91 Å². The van der Waals surface area contributed by atoms with E-state index in [0.29, 0.717) is 24.6 Å². The summed E-state index contributed by atoms with van der Waals surface area (Å²) in [5.74, 6) is 1.48. The lowest BCUT2D eigenvalue weighted by Crippen LogP contribution is -2.32. The number of furan rings is 1. The van der Waals surface area contributed by atoms with Crippen LogP contribution in [0.5, 0.6) is 0 Å². The maximum absolute atomic E-state index is 11.8. The predicted molar refractivity (Wildman–Crippen MR) is 81.8 cm³/mol. The van der Waals surface area contributed by atoms with Crippen LogP contribution < -0.4 is 5.32 Å². The molecule has 0 aromatic carbocycles. The summed E-state index contributed by atoms with van der Waals surface area (Å²) in [6, 6.07) is 3.86. The van der Waals surface area contributed by atoms with Gasteiger partial charge in [0.15, 0.2) is 11.6 Å². The number of nitrogens with one attached hydrogen (secondary N) is 1. The van der Waals surface area contributed by atoms with Crippen molar-refractivity contribution in [3.05, 3.63) is 36.4 Å². The van der Waals surface area contributed by atoms with Gasteiger partial charge in [-0.15, -0.1) is 0 Å². The Bertz CT molecular complexity index is 610. The van der Waals surface area contributed by atoms with Gasteiger partial charge in [0.25, 0.3) is 0 Å². The minimum Gasteiger partial charge on any atom is -0.461 e. The molecule has 1 atom stereocenters. The second kappa shape index (κ2) is 6.70. The van der Waals surface area contributed by atoms with E-state index in [1.807, 2.05) is 17.0 Å². The standard InChI is InChI=1S/C16H20N4O2/c1-2-5-20-11-13(7-15(20)21)17-8-12-9-18-16(19-10-12)14-4-3-6-22-14/h3-4,6,9-10,13,17H,2,5,7-8,11H2,1H3. The molecule has 3 rings (SSSR count). The third-order valence-electron chi connectivity index (χ3n) is 3.75. The topological polar surface area (TPSA) is 71.3 Å². The Hall–Kier alpha value is -2.21. The zero-order valence-electron chi connectivity index (χ0n) is 12.7. The third kappa shape index (κ3) is 3.33. The molecule has 0 radical (unpaired) electrons. The quantitative estimate of drug-likeness (QED) is 0.881. The normalized spacial score (nSPS) is 18.1. The fraction of sp³-hybridized carbons (Fsp3) is 0.438. The van der Waals surface area contributed by atoms with Gasteiger partial charge in [-0.2, -0.15) is 0 Å². The van der Waals surface area contributed by atoms with Gasteiger partial charge in [-0.25, -0.2) is 9.97 Å². The van der Waals surface area contributed by atoms with Crippen LogP contribution in [0.2, 0.25) is 0 Å². The average Bonchev–Trinajstić information content (AvgIpc) is 3.17. The van der Waals surface area contributed by atoms with Gasteiger partial charge >= 0.3 is 0 Å². The van der Waals surface area contributed by atoms with Crippen LogP contribution in [0.15, 0.2) is 35.2 Å². The predicted octanol–water partition coefficient (Wildman–Crippen LogP) is 1.84. The zero-order chi connectivity index (χ0) is 15.4. The Morgan fingerprint density at radius 1 is 1.41 bits per heavy atom. The fourth-order valence-electron chi connectivity index (χ4n) is 2.64. The molecule has 3 heterocycles. The molecule has 1 amide bonds. The molecule has 0 aliphatic carbocycles. The monoisotopic (exact) mass is 300 g/mol. The molecule has 1 aliphatic heterocycles. The first-order valence-corrected chi connectivity index (χ1v) is 7.62. The van der Waals surface area contributed by atoms with Crippen molar-refractivity contribution in [1.29, 1.82) is 0 Å². The van der Waals surface area contributed by atoms with E-state index in [9.17, 15) is 4.79 Å². The summed E-state index contributed by atoms with van der Waals surface area (Å²) in [7, 11) is 0. The van der Waals surface area contributed by atoms with Gasteiger partial charge in [0.1, 0.15) is 0 Å². The Morgan fingerprint density at radius 2 is 2.23 bits per heavy atom. The zero-order valence-corrected chi connectivity index (χ0v) is 12.7. The summed E-state index contributed by atoms with van der Waals surface area (Å²) in [6.45, 7) is 4.39. The minimum atomic E-state index is 0.212. The molecule has 2 aromatic heterocycles. The van der Waals surface area contributed by atoms with E-state index in [2.05, 4.69) is 22.2 Å². The van der Waals surface area contributed by atoms with E-state index in [1.165, 1.54) is 0 Å². The van der Waals surface area contributed by atoms with E-state index in [-0.39, 0.29) is 11.9 Å². The van der Waals surface area contributed by atoms with Crippen molar-refractivity contribution in [2.24, 2.45) is 0 Å². The number of rotatable bonds is 6. The van der Waals surface area contributed by atoms with Gasteiger partial charge in [-0.3, -0.25) is 4.79 Å². The molecule has 1 saturated heterocycles. The lowest BCUT2D eigenvalue weighted by Gasteiger charge is -2.15. The summed E-state index contributed by atoms with van der Waals surface area (Å²) in [5.41, 5.74) is 0.997. The number of carbonyl (C=O) groups is 1. The van der Waals surface area contributed by atoms with Crippen molar-refractivity contribution in [3.63, 3.8) is 0 Å². The third-order valence-corrected chi connectivity index (χ3v) is 3.75. The Balaban J connectivity index is 1.53. The number of carbonyl (C=O) groups excluding carboxylic acids is 1. The van der Waals surface area contributed by atoms with Crippen LogP contribution in [0.1, 0.15) is 25.3 Å². The SMILES string of the molecule is CCCN1CC(NCc2cnc(-c3ccco3)nc2)CC1=O. The first kappa shape index (κ1) is 14.7. The highest BCUT2D eigenvalue weighted by atomic mass is 16.3. The van der Waals surface area contributed by atoms with E-state index in [1.54, 1.807) is 18.7 Å². The number of aromatic nitrogens is 2. The van der Waals surface area contributed by atoms with Crippen molar-refractivity contribution in [2.75, 3.05) is 13.1 Å². The summed E-state index contributed by atoms with van der Waals surface area (Å²) in [6.07, 6.45) is 6.76. The first-order valence-electron chi connectivity index (χ1n) is 7.62. The molecule has 0 spiro atoms. The van der Waals surface area contributed by atoms with Crippen LogP contribution in [0.4, 0.5) is 0 Å². The van der Waals surface area contributed by atoms with Crippen molar-refractivity contribution in [2.45, 2.75) is 32.4 Å². The molecule has 6 heteroatoms. The van der Waals surface area contributed by atoms with Crippen LogP contribution in [-0.2, 0) is 11.3 Å². The molecule has 1 N–H and O–H groups in total. The Kier molecular flexibility index (Phi) is 4.48. The second-order valence-corrected chi connectivity index (χ2v) is 5.51. The van der Waals surface area contributed by atoms with Crippen molar-refractivity contribution in [1.82, 2.24) is 20.2 Å². The first-order chi connectivity index (χ1) is 10.8. The van der Waals surface area contributed by atoms with Crippen LogP contribution >= 0.6 is 0 Å². The Labute approximate surface area is 129 Å². The van der Waals surface area contributed by atoms with Crippen molar-refractivity contribution in [3.8, 4) is 11.6 Å². The van der Waals surface area contributed by atoms with Gasteiger partial charge < -0.3 is 14.6 Å². The molecular weight excluding hydrogens is 280 g/mol. The lowest BCUT2D eigenvalue weighted by molar-refractivity contribution is -0.127. The van der Waals surface area contributed by atoms with Crippen LogP contribution in [-0.4, -0.2) is 39.9 Å². The maximum Gasteiger partial charge on any atom is 0.224 e. The van der Waals surface area contributed by atoms with Gasteiger partial charge in [0.05, 0.1) is 6.26 Å². The number of amides is 1. The molecule has 22 heavy (non-hydrogen) atoms. The van der Waals surface area contributed by atoms with Crippen LogP contribution in [0.25, 0.3) is 11.6 Å². The lowest BCUT2D eigenvalue weighted by atomic mass is 10.2.